The molecule has 0 saturated carbocycles. The summed E-state index contributed by atoms with van der Waals surface area (Å²) in [5.41, 5.74) is -0.196. The van der Waals surface area contributed by atoms with Gasteiger partial charge < -0.3 is 15.2 Å². The van der Waals surface area contributed by atoms with E-state index in [1.165, 1.54) is 0 Å². The molecule has 1 heterocycles. The smallest absolute Gasteiger partial charge is 0.226 e. The largest absolute Gasteiger partial charge is 0.388 e. The van der Waals surface area contributed by atoms with Crippen molar-refractivity contribution in [3.63, 3.8) is 0 Å². The summed E-state index contributed by atoms with van der Waals surface area (Å²) in [6.45, 7) is 2.34. The monoisotopic (exact) mass is 241 g/mol. The Morgan fingerprint density at radius 2 is 2.47 bits per heavy atom. The van der Waals surface area contributed by atoms with Gasteiger partial charge in [0.25, 0.3) is 0 Å². The first kappa shape index (κ1) is 13.7. The second-order valence-electron chi connectivity index (χ2n) is 4.28. The Morgan fingerprint density at radius 1 is 1.71 bits per heavy atom. The second kappa shape index (κ2) is 6.36. The summed E-state index contributed by atoms with van der Waals surface area (Å²) in [6.07, 6.45) is 2.31. The minimum absolute atomic E-state index is 0.146. The molecule has 6 heteroatoms. The van der Waals surface area contributed by atoms with Crippen LogP contribution >= 0.6 is 0 Å². The number of nitrogens with one attached hydrogen (secondary N) is 2. The number of aromatic amines is 1. The molecule has 1 atom stereocenters. The molecule has 1 amide bonds. The van der Waals surface area contributed by atoms with E-state index in [1.54, 1.807) is 26.3 Å². The SMILES string of the molecule is COCCC(C)(O)CNC(=O)Cc1ccn[nH]1. The topological polar surface area (TPSA) is 87.2 Å². The van der Waals surface area contributed by atoms with Crippen molar-refractivity contribution >= 4 is 5.91 Å². The fourth-order valence-corrected chi connectivity index (χ4v) is 1.32. The Balaban J connectivity index is 2.27. The maximum atomic E-state index is 11.5. The van der Waals surface area contributed by atoms with E-state index in [0.717, 1.165) is 5.69 Å². The standard InChI is InChI=1S/C11H19N3O3/c1-11(16,4-6-17-2)8-12-10(15)7-9-3-5-13-14-9/h3,5,16H,4,6-8H2,1-2H3,(H,12,15)(H,13,14). The van der Waals surface area contributed by atoms with E-state index >= 15 is 0 Å². The van der Waals surface area contributed by atoms with E-state index in [4.69, 9.17) is 4.74 Å². The predicted octanol–water partition coefficient (Wildman–Crippen LogP) is -0.144. The van der Waals surface area contributed by atoms with Crippen molar-refractivity contribution in [2.45, 2.75) is 25.4 Å². The number of carbonyl (C=O) groups excluding carboxylic acids is 1. The molecule has 0 spiro atoms. The number of nitrogens with zero attached hydrogens (tertiary/aromatic N) is 1. The number of hydrogen-bond donors (Lipinski definition) is 3. The predicted molar refractivity (Wildman–Crippen MR) is 62.4 cm³/mol. The highest BCUT2D eigenvalue weighted by molar-refractivity contribution is 5.78. The molecule has 0 saturated heterocycles. The van der Waals surface area contributed by atoms with E-state index in [1.807, 2.05) is 0 Å². The Morgan fingerprint density at radius 3 is 3.06 bits per heavy atom. The lowest BCUT2D eigenvalue weighted by Crippen LogP contribution is -2.41. The summed E-state index contributed by atoms with van der Waals surface area (Å²) in [5.74, 6) is -0.146. The van der Waals surface area contributed by atoms with Crippen molar-refractivity contribution in [3.8, 4) is 0 Å². The lowest BCUT2D eigenvalue weighted by molar-refractivity contribution is -0.121. The van der Waals surface area contributed by atoms with E-state index in [9.17, 15) is 9.90 Å². The molecule has 0 aliphatic carbocycles. The van der Waals surface area contributed by atoms with Crippen LogP contribution in [-0.2, 0) is 16.0 Å². The van der Waals surface area contributed by atoms with Gasteiger partial charge in [-0.3, -0.25) is 9.89 Å². The molecular formula is C11H19N3O3. The highest BCUT2D eigenvalue weighted by Crippen LogP contribution is 2.07. The first-order valence-corrected chi connectivity index (χ1v) is 5.50. The van der Waals surface area contributed by atoms with Crippen LogP contribution in [0.5, 0.6) is 0 Å². The zero-order valence-corrected chi connectivity index (χ0v) is 10.2. The highest BCUT2D eigenvalue weighted by atomic mass is 16.5. The Bertz CT molecular complexity index is 336. The first-order chi connectivity index (χ1) is 8.03. The van der Waals surface area contributed by atoms with Crippen LogP contribution in [-0.4, -0.2) is 47.1 Å². The van der Waals surface area contributed by atoms with Gasteiger partial charge in [-0.05, 0) is 13.0 Å². The van der Waals surface area contributed by atoms with Gasteiger partial charge in [-0.15, -0.1) is 0 Å². The van der Waals surface area contributed by atoms with Gasteiger partial charge in [0.15, 0.2) is 0 Å². The first-order valence-electron chi connectivity index (χ1n) is 5.50. The lowest BCUT2D eigenvalue weighted by atomic mass is 10.0. The molecule has 0 aromatic carbocycles. The second-order valence-corrected chi connectivity index (χ2v) is 4.28. The van der Waals surface area contributed by atoms with E-state index in [0.29, 0.717) is 13.0 Å². The highest BCUT2D eigenvalue weighted by Gasteiger charge is 2.20. The molecule has 0 fully saturated rings. The van der Waals surface area contributed by atoms with Gasteiger partial charge in [0, 0.05) is 38.6 Å². The maximum absolute atomic E-state index is 11.5. The minimum Gasteiger partial charge on any atom is -0.388 e. The number of methoxy groups -OCH3 is 1. The Hall–Kier alpha value is -1.40. The number of carbonyl (C=O) groups is 1. The van der Waals surface area contributed by atoms with Crippen LogP contribution < -0.4 is 5.32 Å². The molecule has 1 aromatic rings. The van der Waals surface area contributed by atoms with Gasteiger partial charge in [0.1, 0.15) is 0 Å². The summed E-state index contributed by atoms with van der Waals surface area (Å²) in [4.78, 5) is 11.5. The van der Waals surface area contributed by atoms with Crippen molar-refractivity contribution < 1.29 is 14.6 Å². The summed E-state index contributed by atoms with van der Waals surface area (Å²) in [5, 5.41) is 19.0. The third-order valence-electron chi connectivity index (χ3n) is 2.42. The lowest BCUT2D eigenvalue weighted by Gasteiger charge is -2.23. The molecule has 1 rings (SSSR count). The molecule has 6 nitrogen and oxygen atoms in total. The average molecular weight is 241 g/mol. The summed E-state index contributed by atoms with van der Waals surface area (Å²) < 4.78 is 4.88. The number of H-pyrrole nitrogens is 1. The Labute approximate surface area is 100 Å². The minimum atomic E-state index is -0.945. The van der Waals surface area contributed by atoms with Gasteiger partial charge in [-0.25, -0.2) is 0 Å². The van der Waals surface area contributed by atoms with Crippen molar-refractivity contribution in [1.29, 1.82) is 0 Å². The van der Waals surface area contributed by atoms with Crippen LogP contribution in [0, 0.1) is 0 Å². The van der Waals surface area contributed by atoms with Crippen molar-refractivity contribution in [1.82, 2.24) is 15.5 Å². The molecule has 0 aliphatic rings. The van der Waals surface area contributed by atoms with E-state index in [2.05, 4.69) is 15.5 Å². The van der Waals surface area contributed by atoms with Gasteiger partial charge in [0.2, 0.25) is 5.91 Å². The van der Waals surface area contributed by atoms with E-state index < -0.39 is 5.60 Å². The molecule has 96 valence electrons. The van der Waals surface area contributed by atoms with Crippen LogP contribution in [0.1, 0.15) is 19.0 Å². The average Bonchev–Trinajstić information content (AvgIpc) is 2.77. The van der Waals surface area contributed by atoms with Crippen molar-refractivity contribution in [3.05, 3.63) is 18.0 Å². The van der Waals surface area contributed by atoms with Gasteiger partial charge >= 0.3 is 0 Å². The van der Waals surface area contributed by atoms with Crippen LogP contribution in [0.4, 0.5) is 0 Å². The molecule has 1 unspecified atom stereocenters. The zero-order chi connectivity index (χ0) is 12.7. The van der Waals surface area contributed by atoms with Crippen LogP contribution in [0.15, 0.2) is 12.3 Å². The Kier molecular flexibility index (Phi) is 5.11. The van der Waals surface area contributed by atoms with Gasteiger partial charge in [0.05, 0.1) is 12.0 Å². The number of aromatic nitrogens is 2. The zero-order valence-electron chi connectivity index (χ0n) is 10.2. The molecule has 3 N–H and O–H groups in total. The third-order valence-corrected chi connectivity index (χ3v) is 2.42. The fraction of sp³-hybridized carbons (Fsp3) is 0.636. The number of hydrogen-bond acceptors (Lipinski definition) is 4. The van der Waals surface area contributed by atoms with Crippen LogP contribution in [0.2, 0.25) is 0 Å². The number of aliphatic hydroxyl groups is 1. The number of rotatable bonds is 7. The molecule has 0 radical (unpaired) electrons. The molecular weight excluding hydrogens is 222 g/mol. The maximum Gasteiger partial charge on any atom is 0.226 e. The van der Waals surface area contributed by atoms with E-state index in [-0.39, 0.29) is 18.9 Å². The van der Waals surface area contributed by atoms with Crippen molar-refractivity contribution in [2.24, 2.45) is 0 Å². The third kappa shape index (κ3) is 5.46. The summed E-state index contributed by atoms with van der Waals surface area (Å²) in [6, 6.07) is 1.74. The molecule has 1 aromatic heterocycles. The van der Waals surface area contributed by atoms with Crippen LogP contribution in [0.3, 0.4) is 0 Å². The normalized spacial score (nSPS) is 14.3. The molecule has 0 bridgehead atoms. The summed E-state index contributed by atoms with van der Waals surface area (Å²) in [7, 11) is 1.58. The van der Waals surface area contributed by atoms with Gasteiger partial charge in [-0.1, -0.05) is 0 Å². The molecule has 17 heavy (non-hydrogen) atoms. The van der Waals surface area contributed by atoms with Crippen molar-refractivity contribution in [2.75, 3.05) is 20.3 Å². The number of ether oxygens (including phenoxy) is 1. The van der Waals surface area contributed by atoms with Crippen LogP contribution in [0.25, 0.3) is 0 Å². The quantitative estimate of drug-likeness (QED) is 0.620. The fourth-order valence-electron chi connectivity index (χ4n) is 1.32. The van der Waals surface area contributed by atoms with Gasteiger partial charge in [-0.2, -0.15) is 5.10 Å². The number of amides is 1. The molecule has 0 aliphatic heterocycles. The summed E-state index contributed by atoms with van der Waals surface area (Å²) >= 11 is 0.